The highest BCUT2D eigenvalue weighted by Crippen LogP contribution is 2.10. The van der Waals surface area contributed by atoms with Crippen molar-refractivity contribution in [1.82, 2.24) is 10.6 Å². The molecule has 1 aromatic carbocycles. The second-order valence-corrected chi connectivity index (χ2v) is 6.31. The number of amides is 2. The molecule has 8 nitrogen and oxygen atoms in total. The SMILES string of the molecule is COC(=O)[C@H](Cc1ccccc1)NC(=O)O[C@@H](CC(C)C)C(=O)NCC#N. The van der Waals surface area contributed by atoms with Gasteiger partial charge < -0.3 is 20.1 Å². The lowest BCUT2D eigenvalue weighted by Crippen LogP contribution is -2.46. The van der Waals surface area contributed by atoms with Crippen molar-refractivity contribution in [3.8, 4) is 6.07 Å². The molecule has 0 fully saturated rings. The number of esters is 1. The average Bonchev–Trinajstić information content (AvgIpc) is 2.64. The van der Waals surface area contributed by atoms with Gasteiger partial charge in [-0.25, -0.2) is 9.59 Å². The van der Waals surface area contributed by atoms with Crippen molar-refractivity contribution >= 4 is 18.0 Å². The third kappa shape index (κ3) is 8.23. The first-order chi connectivity index (χ1) is 12.9. The molecule has 0 aliphatic heterocycles. The average molecular weight is 375 g/mol. The van der Waals surface area contributed by atoms with E-state index >= 15 is 0 Å². The zero-order valence-electron chi connectivity index (χ0n) is 15.7. The molecule has 2 N–H and O–H groups in total. The van der Waals surface area contributed by atoms with Crippen molar-refractivity contribution in [2.75, 3.05) is 13.7 Å². The lowest BCUT2D eigenvalue weighted by molar-refractivity contribution is -0.143. The van der Waals surface area contributed by atoms with Gasteiger partial charge in [-0.1, -0.05) is 44.2 Å². The number of carbonyl (C=O) groups excluding carboxylic acids is 3. The minimum atomic E-state index is -1.06. The summed E-state index contributed by atoms with van der Waals surface area (Å²) in [6, 6.07) is 9.96. The first kappa shape index (κ1) is 22.0. The van der Waals surface area contributed by atoms with E-state index in [1.807, 2.05) is 44.2 Å². The molecule has 0 aromatic heterocycles. The Bertz CT molecular complexity index is 670. The molecule has 8 heteroatoms. The van der Waals surface area contributed by atoms with Gasteiger partial charge in [0.05, 0.1) is 13.2 Å². The number of hydrogen-bond donors (Lipinski definition) is 2. The minimum Gasteiger partial charge on any atom is -0.467 e. The van der Waals surface area contributed by atoms with Crippen LogP contribution in [-0.4, -0.2) is 43.8 Å². The van der Waals surface area contributed by atoms with Crippen LogP contribution < -0.4 is 10.6 Å². The Labute approximate surface area is 158 Å². The van der Waals surface area contributed by atoms with Gasteiger partial charge in [-0.15, -0.1) is 0 Å². The van der Waals surface area contributed by atoms with Gasteiger partial charge in [0.25, 0.3) is 5.91 Å². The molecule has 0 radical (unpaired) electrons. The van der Waals surface area contributed by atoms with Crippen molar-refractivity contribution in [2.45, 2.75) is 38.8 Å². The van der Waals surface area contributed by atoms with Crippen LogP contribution in [0.3, 0.4) is 0 Å². The molecule has 0 aliphatic carbocycles. The van der Waals surface area contributed by atoms with Gasteiger partial charge in [0, 0.05) is 6.42 Å². The molecule has 0 saturated carbocycles. The van der Waals surface area contributed by atoms with Crippen LogP contribution in [-0.2, 0) is 25.5 Å². The van der Waals surface area contributed by atoms with Crippen LogP contribution in [0.4, 0.5) is 4.79 Å². The van der Waals surface area contributed by atoms with Crippen molar-refractivity contribution in [1.29, 1.82) is 5.26 Å². The lowest BCUT2D eigenvalue weighted by Gasteiger charge is -2.21. The van der Waals surface area contributed by atoms with Crippen molar-refractivity contribution in [3.05, 3.63) is 35.9 Å². The van der Waals surface area contributed by atoms with E-state index in [9.17, 15) is 14.4 Å². The molecule has 0 aliphatic rings. The van der Waals surface area contributed by atoms with E-state index in [4.69, 9.17) is 14.7 Å². The van der Waals surface area contributed by atoms with Crippen LogP contribution in [0.1, 0.15) is 25.8 Å². The number of carbonyl (C=O) groups is 3. The summed E-state index contributed by atoms with van der Waals surface area (Å²) < 4.78 is 9.93. The second kappa shape index (κ2) is 11.5. The third-order valence-electron chi connectivity index (χ3n) is 3.63. The third-order valence-corrected chi connectivity index (χ3v) is 3.63. The van der Waals surface area contributed by atoms with Gasteiger partial charge in [-0.2, -0.15) is 5.26 Å². The van der Waals surface area contributed by atoms with Crippen LogP contribution in [0, 0.1) is 17.2 Å². The van der Waals surface area contributed by atoms with Crippen LogP contribution in [0.25, 0.3) is 0 Å². The van der Waals surface area contributed by atoms with E-state index in [0.29, 0.717) is 0 Å². The minimum absolute atomic E-state index is 0.0800. The van der Waals surface area contributed by atoms with E-state index in [2.05, 4.69) is 10.6 Å². The summed E-state index contributed by atoms with van der Waals surface area (Å²) in [5.41, 5.74) is 0.832. The fourth-order valence-electron chi connectivity index (χ4n) is 2.37. The maximum Gasteiger partial charge on any atom is 0.408 e. The van der Waals surface area contributed by atoms with Gasteiger partial charge >= 0.3 is 12.1 Å². The number of methoxy groups -OCH3 is 1. The van der Waals surface area contributed by atoms with Crippen molar-refractivity contribution < 1.29 is 23.9 Å². The Morgan fingerprint density at radius 1 is 1.19 bits per heavy atom. The van der Waals surface area contributed by atoms with Crippen LogP contribution >= 0.6 is 0 Å². The molecule has 2 atom stereocenters. The summed E-state index contributed by atoms with van der Waals surface area (Å²) in [5, 5.41) is 13.4. The zero-order chi connectivity index (χ0) is 20.2. The normalized spacial score (nSPS) is 12.4. The highest BCUT2D eigenvalue weighted by Gasteiger charge is 2.27. The summed E-state index contributed by atoms with van der Waals surface area (Å²) >= 11 is 0. The van der Waals surface area contributed by atoms with Crippen LogP contribution in [0.5, 0.6) is 0 Å². The monoisotopic (exact) mass is 375 g/mol. The predicted molar refractivity (Wildman–Crippen MR) is 97.4 cm³/mol. The predicted octanol–water partition coefficient (Wildman–Crippen LogP) is 1.55. The summed E-state index contributed by atoms with van der Waals surface area (Å²) in [7, 11) is 1.23. The first-order valence-corrected chi connectivity index (χ1v) is 8.60. The fourth-order valence-corrected chi connectivity index (χ4v) is 2.37. The number of nitrogens with one attached hydrogen (secondary N) is 2. The fraction of sp³-hybridized carbons (Fsp3) is 0.474. The highest BCUT2D eigenvalue weighted by atomic mass is 16.6. The topological polar surface area (TPSA) is 118 Å². The number of hydrogen-bond acceptors (Lipinski definition) is 6. The molecular formula is C19H25N3O5. The molecule has 2 amide bonds. The lowest BCUT2D eigenvalue weighted by atomic mass is 10.1. The van der Waals surface area contributed by atoms with Gasteiger partial charge in [0.2, 0.25) is 0 Å². The zero-order valence-corrected chi connectivity index (χ0v) is 15.7. The Hall–Kier alpha value is -3.08. The van der Waals surface area contributed by atoms with E-state index in [-0.39, 0.29) is 25.3 Å². The van der Waals surface area contributed by atoms with Crippen LogP contribution in [0.15, 0.2) is 30.3 Å². The standard InChI is InChI=1S/C19H25N3O5/c1-13(2)11-16(17(23)21-10-9-20)27-19(25)22-15(18(24)26-3)12-14-7-5-4-6-8-14/h4-8,13,15-16H,10-12H2,1-3H3,(H,21,23)(H,22,25)/t15-,16-/m0/s1. The molecule has 0 saturated heterocycles. The van der Waals surface area contributed by atoms with Gasteiger partial charge in [-0.05, 0) is 17.9 Å². The number of benzene rings is 1. The van der Waals surface area contributed by atoms with Gasteiger partial charge in [0.1, 0.15) is 12.6 Å². The Morgan fingerprint density at radius 3 is 2.41 bits per heavy atom. The molecular weight excluding hydrogens is 350 g/mol. The number of nitriles is 1. The molecule has 1 rings (SSSR count). The number of nitrogens with zero attached hydrogens (tertiary/aromatic N) is 1. The maximum absolute atomic E-state index is 12.2. The quantitative estimate of drug-likeness (QED) is 0.499. The van der Waals surface area contributed by atoms with E-state index < -0.39 is 30.1 Å². The Morgan fingerprint density at radius 2 is 1.85 bits per heavy atom. The summed E-state index contributed by atoms with van der Waals surface area (Å²) in [4.78, 5) is 36.3. The smallest absolute Gasteiger partial charge is 0.408 e. The van der Waals surface area contributed by atoms with Crippen molar-refractivity contribution in [3.63, 3.8) is 0 Å². The number of alkyl carbamates (subject to hydrolysis) is 1. The molecule has 1 aromatic rings. The Kier molecular flexibility index (Phi) is 9.37. The largest absolute Gasteiger partial charge is 0.467 e. The van der Waals surface area contributed by atoms with E-state index in [1.165, 1.54) is 7.11 Å². The summed E-state index contributed by atoms with van der Waals surface area (Å²) in [6.45, 7) is 3.56. The highest BCUT2D eigenvalue weighted by molar-refractivity contribution is 5.85. The number of rotatable bonds is 9. The molecule has 27 heavy (non-hydrogen) atoms. The molecule has 0 bridgehead atoms. The molecule has 0 spiro atoms. The molecule has 0 heterocycles. The van der Waals surface area contributed by atoms with Crippen LogP contribution in [0.2, 0.25) is 0 Å². The maximum atomic E-state index is 12.2. The van der Waals surface area contributed by atoms with E-state index in [0.717, 1.165) is 5.56 Å². The Balaban J connectivity index is 2.78. The van der Waals surface area contributed by atoms with E-state index in [1.54, 1.807) is 6.07 Å². The van der Waals surface area contributed by atoms with Crippen molar-refractivity contribution in [2.24, 2.45) is 5.92 Å². The summed E-state index contributed by atoms with van der Waals surface area (Å²) in [5.74, 6) is -1.10. The summed E-state index contributed by atoms with van der Waals surface area (Å²) in [6.07, 6.45) is -1.46. The van der Waals surface area contributed by atoms with Gasteiger partial charge in [0.15, 0.2) is 6.10 Å². The second-order valence-electron chi connectivity index (χ2n) is 6.31. The van der Waals surface area contributed by atoms with Gasteiger partial charge in [-0.3, -0.25) is 4.79 Å². The molecule has 0 unspecified atom stereocenters. The molecule has 146 valence electrons. The number of ether oxygens (including phenoxy) is 2. The first-order valence-electron chi connectivity index (χ1n) is 8.60.